The summed E-state index contributed by atoms with van der Waals surface area (Å²) in [6, 6.07) is 15.0. The van der Waals surface area contributed by atoms with Crippen LogP contribution in [0.4, 0.5) is 0 Å². The number of nitrogens with zero attached hydrogens (tertiary/aromatic N) is 2. The van der Waals surface area contributed by atoms with Gasteiger partial charge in [0.15, 0.2) is 0 Å². The fourth-order valence-electron chi connectivity index (χ4n) is 4.88. The van der Waals surface area contributed by atoms with Gasteiger partial charge in [-0.2, -0.15) is 4.31 Å². The van der Waals surface area contributed by atoms with E-state index < -0.39 is 10.0 Å². The molecule has 6 nitrogen and oxygen atoms in total. The summed E-state index contributed by atoms with van der Waals surface area (Å²) in [5.41, 5.74) is 1.34. The molecule has 0 unspecified atom stereocenters. The largest absolute Gasteiger partial charge is 0.495 e. The van der Waals surface area contributed by atoms with Crippen LogP contribution in [0.15, 0.2) is 53.4 Å². The molecule has 0 spiro atoms. The van der Waals surface area contributed by atoms with E-state index in [-0.39, 0.29) is 28.3 Å². The Hall–Kier alpha value is -2.09. The highest BCUT2D eigenvalue weighted by atomic mass is 35.5. The van der Waals surface area contributed by atoms with Crippen molar-refractivity contribution >= 4 is 27.5 Å². The molecule has 33 heavy (non-hydrogen) atoms. The van der Waals surface area contributed by atoms with E-state index in [1.54, 1.807) is 6.07 Å². The van der Waals surface area contributed by atoms with Crippen LogP contribution in [-0.2, 0) is 21.2 Å². The molecule has 2 saturated heterocycles. The van der Waals surface area contributed by atoms with E-state index in [1.807, 2.05) is 11.0 Å². The average molecular weight is 491 g/mol. The number of amides is 1. The predicted molar refractivity (Wildman–Crippen MR) is 129 cm³/mol. The number of rotatable bonds is 6. The van der Waals surface area contributed by atoms with E-state index in [0.29, 0.717) is 24.6 Å². The third-order valence-corrected chi connectivity index (χ3v) is 8.94. The topological polar surface area (TPSA) is 66.9 Å². The summed E-state index contributed by atoms with van der Waals surface area (Å²) in [6.07, 6.45) is 4.41. The zero-order valence-electron chi connectivity index (χ0n) is 19.0. The third kappa shape index (κ3) is 5.53. The number of hydrogen-bond acceptors (Lipinski definition) is 4. The van der Waals surface area contributed by atoms with Gasteiger partial charge in [0.1, 0.15) is 5.75 Å². The van der Waals surface area contributed by atoms with Crippen LogP contribution in [0, 0.1) is 11.8 Å². The summed E-state index contributed by atoms with van der Waals surface area (Å²) in [4.78, 5) is 15.3. The van der Waals surface area contributed by atoms with Crippen LogP contribution >= 0.6 is 11.6 Å². The number of carbonyl (C=O) groups is 1. The minimum absolute atomic E-state index is 0.0841. The SMILES string of the molecule is COc1ccc(S(=O)(=O)N2CCC[C@@H](C(=O)N3CCC(Cc4ccccc4)CC3)C2)cc1Cl. The van der Waals surface area contributed by atoms with Crippen molar-refractivity contribution in [3.8, 4) is 5.75 Å². The van der Waals surface area contributed by atoms with Crippen molar-refractivity contribution in [2.75, 3.05) is 33.3 Å². The van der Waals surface area contributed by atoms with Crippen molar-refractivity contribution in [3.63, 3.8) is 0 Å². The highest BCUT2D eigenvalue weighted by Crippen LogP contribution is 2.31. The fourth-order valence-corrected chi connectivity index (χ4v) is 6.76. The van der Waals surface area contributed by atoms with Crippen molar-refractivity contribution in [2.45, 2.75) is 37.0 Å². The summed E-state index contributed by atoms with van der Waals surface area (Å²) in [7, 11) is -2.24. The number of sulfonamides is 1. The summed E-state index contributed by atoms with van der Waals surface area (Å²) in [5.74, 6) is 0.797. The van der Waals surface area contributed by atoms with Crippen LogP contribution in [0.25, 0.3) is 0 Å². The molecule has 2 heterocycles. The fraction of sp³-hybridized carbons (Fsp3) is 0.480. The van der Waals surface area contributed by atoms with Gasteiger partial charge in [-0.1, -0.05) is 41.9 Å². The van der Waals surface area contributed by atoms with E-state index in [0.717, 1.165) is 38.8 Å². The number of benzene rings is 2. The molecule has 4 rings (SSSR count). The molecule has 0 aliphatic carbocycles. The molecule has 0 aromatic heterocycles. The maximum absolute atomic E-state index is 13.2. The van der Waals surface area contributed by atoms with Crippen molar-refractivity contribution in [1.82, 2.24) is 9.21 Å². The first-order valence-corrected chi connectivity index (χ1v) is 13.4. The number of likely N-dealkylation sites (tertiary alicyclic amines) is 1. The lowest BCUT2D eigenvalue weighted by molar-refractivity contribution is -0.138. The Labute approximate surface area is 201 Å². The Bertz CT molecular complexity index is 1070. The van der Waals surface area contributed by atoms with Gasteiger partial charge in [0, 0.05) is 26.2 Å². The van der Waals surface area contributed by atoms with E-state index in [2.05, 4.69) is 24.3 Å². The van der Waals surface area contributed by atoms with Gasteiger partial charge in [-0.25, -0.2) is 8.42 Å². The van der Waals surface area contributed by atoms with Crippen LogP contribution in [0.1, 0.15) is 31.2 Å². The molecule has 0 N–H and O–H groups in total. The zero-order chi connectivity index (χ0) is 23.4. The number of halogens is 1. The summed E-state index contributed by atoms with van der Waals surface area (Å²) in [5, 5.41) is 0.251. The second kappa shape index (κ2) is 10.5. The molecule has 2 aromatic carbocycles. The standard InChI is InChI=1S/C25H31ClN2O4S/c1-32-24-10-9-22(17-23(24)26)33(30,31)28-13-5-8-21(18-28)25(29)27-14-11-20(12-15-27)16-19-6-3-2-4-7-19/h2-4,6-7,9-10,17,20-21H,5,8,11-16,18H2,1H3/t21-/m1/s1. The number of hydrogen-bond donors (Lipinski definition) is 0. The number of methoxy groups -OCH3 is 1. The molecular weight excluding hydrogens is 460 g/mol. The van der Waals surface area contributed by atoms with Crippen LogP contribution in [0.2, 0.25) is 5.02 Å². The molecule has 178 valence electrons. The molecule has 0 bridgehead atoms. The molecule has 2 aliphatic rings. The molecule has 8 heteroatoms. The van der Waals surface area contributed by atoms with Gasteiger partial charge in [0.25, 0.3) is 0 Å². The maximum atomic E-state index is 13.2. The van der Waals surface area contributed by atoms with Gasteiger partial charge in [0.05, 0.1) is 22.9 Å². The summed E-state index contributed by atoms with van der Waals surface area (Å²) >= 11 is 6.15. The van der Waals surface area contributed by atoms with E-state index in [4.69, 9.17) is 16.3 Å². The van der Waals surface area contributed by atoms with Crippen LogP contribution in [-0.4, -0.2) is 56.8 Å². The first kappa shape index (κ1) is 24.0. The molecule has 0 radical (unpaired) electrons. The average Bonchev–Trinajstić information content (AvgIpc) is 2.84. The highest BCUT2D eigenvalue weighted by molar-refractivity contribution is 7.89. The Balaban J connectivity index is 1.36. The second-order valence-corrected chi connectivity index (χ2v) is 11.3. The van der Waals surface area contributed by atoms with Gasteiger partial charge in [-0.3, -0.25) is 4.79 Å². The number of piperidine rings is 2. The Morgan fingerprint density at radius 2 is 1.79 bits per heavy atom. The normalized spacial score (nSPS) is 20.5. The van der Waals surface area contributed by atoms with Crippen LogP contribution in [0.5, 0.6) is 5.75 Å². The van der Waals surface area contributed by atoms with E-state index in [1.165, 1.54) is 29.1 Å². The summed E-state index contributed by atoms with van der Waals surface area (Å²) in [6.45, 7) is 2.12. The Kier molecular flexibility index (Phi) is 7.62. The maximum Gasteiger partial charge on any atom is 0.243 e. The van der Waals surface area contributed by atoms with Gasteiger partial charge < -0.3 is 9.64 Å². The van der Waals surface area contributed by atoms with Crippen molar-refractivity contribution in [3.05, 3.63) is 59.1 Å². The molecule has 2 aliphatic heterocycles. The lowest BCUT2D eigenvalue weighted by Crippen LogP contribution is -2.48. The number of ether oxygens (including phenoxy) is 1. The van der Waals surface area contributed by atoms with Gasteiger partial charge in [-0.15, -0.1) is 0 Å². The molecule has 2 fully saturated rings. The van der Waals surface area contributed by atoms with Gasteiger partial charge in [0.2, 0.25) is 15.9 Å². The highest BCUT2D eigenvalue weighted by Gasteiger charge is 2.36. The lowest BCUT2D eigenvalue weighted by Gasteiger charge is -2.37. The van der Waals surface area contributed by atoms with E-state index >= 15 is 0 Å². The Morgan fingerprint density at radius 3 is 2.45 bits per heavy atom. The Morgan fingerprint density at radius 1 is 1.06 bits per heavy atom. The van der Waals surface area contributed by atoms with Crippen molar-refractivity contribution in [2.24, 2.45) is 11.8 Å². The lowest BCUT2D eigenvalue weighted by atomic mass is 9.89. The van der Waals surface area contributed by atoms with Crippen molar-refractivity contribution in [1.29, 1.82) is 0 Å². The minimum Gasteiger partial charge on any atom is -0.495 e. The van der Waals surface area contributed by atoms with Crippen LogP contribution in [0.3, 0.4) is 0 Å². The van der Waals surface area contributed by atoms with E-state index in [9.17, 15) is 13.2 Å². The molecular formula is C25H31ClN2O4S. The molecule has 0 saturated carbocycles. The monoisotopic (exact) mass is 490 g/mol. The molecule has 1 amide bonds. The third-order valence-electron chi connectivity index (χ3n) is 6.79. The van der Waals surface area contributed by atoms with Crippen LogP contribution < -0.4 is 4.74 Å². The number of carbonyl (C=O) groups excluding carboxylic acids is 1. The quantitative estimate of drug-likeness (QED) is 0.607. The summed E-state index contributed by atoms with van der Waals surface area (Å²) < 4.78 is 33.0. The minimum atomic E-state index is -3.73. The van der Waals surface area contributed by atoms with Gasteiger partial charge >= 0.3 is 0 Å². The zero-order valence-corrected chi connectivity index (χ0v) is 20.5. The predicted octanol–water partition coefficient (Wildman–Crippen LogP) is 4.23. The smallest absolute Gasteiger partial charge is 0.243 e. The first-order valence-electron chi connectivity index (χ1n) is 11.5. The van der Waals surface area contributed by atoms with Crippen molar-refractivity contribution < 1.29 is 17.9 Å². The molecule has 1 atom stereocenters. The molecule has 2 aromatic rings. The second-order valence-electron chi connectivity index (χ2n) is 8.96. The van der Waals surface area contributed by atoms with Gasteiger partial charge in [-0.05, 0) is 61.8 Å². The first-order chi connectivity index (χ1) is 15.9.